The molecule has 1 rings (SSSR count). The molecule has 10 heteroatoms. The average molecular weight is 259 g/mol. The summed E-state index contributed by atoms with van der Waals surface area (Å²) < 4.78 is 0. The van der Waals surface area contributed by atoms with E-state index >= 15 is 0 Å². The molecule has 0 aliphatic heterocycles. The minimum absolute atomic E-state index is 0.0256. The van der Waals surface area contributed by atoms with Gasteiger partial charge in [-0.3, -0.25) is 30.3 Å². The first-order valence-electron chi connectivity index (χ1n) is 4.13. The summed E-state index contributed by atoms with van der Waals surface area (Å²) in [6.07, 6.45) is 0. The minimum atomic E-state index is -3.57. The van der Waals surface area contributed by atoms with Crippen molar-refractivity contribution in [3.05, 3.63) is 60.2 Å². The van der Waals surface area contributed by atoms with Crippen LogP contribution >= 0.6 is 9.24 Å². The molecule has 0 aromatic heterocycles. The van der Waals surface area contributed by atoms with Crippen molar-refractivity contribution in [2.75, 3.05) is 0 Å². The third-order valence-electron chi connectivity index (χ3n) is 2.09. The fourth-order valence-corrected chi connectivity index (χ4v) is 1.70. The van der Waals surface area contributed by atoms with Gasteiger partial charge in [0.1, 0.15) is 0 Å². The van der Waals surface area contributed by atoms with Crippen LogP contribution in [-0.4, -0.2) is 14.8 Å². The van der Waals surface area contributed by atoms with E-state index in [4.69, 9.17) is 0 Å². The van der Waals surface area contributed by atoms with Gasteiger partial charge in [0.15, 0.2) is 20.3 Å². The van der Waals surface area contributed by atoms with Gasteiger partial charge < -0.3 is 0 Å². The minimum Gasteiger partial charge on any atom is -0.252 e. The molecule has 90 valence electrons. The van der Waals surface area contributed by atoms with Crippen molar-refractivity contribution in [1.29, 1.82) is 0 Å². The van der Waals surface area contributed by atoms with E-state index in [1.54, 1.807) is 0 Å². The molecule has 1 atom stereocenters. The van der Waals surface area contributed by atoms with Crippen LogP contribution in [0.4, 0.5) is 0 Å². The van der Waals surface area contributed by atoms with Crippen LogP contribution in [0.2, 0.25) is 0 Å². The average Bonchev–Trinajstić information content (AvgIpc) is 2.19. The highest BCUT2D eigenvalue weighted by Gasteiger charge is 2.73. The first kappa shape index (κ1) is 12.9. The van der Waals surface area contributed by atoms with E-state index in [1.165, 1.54) is 18.2 Å². The zero-order valence-corrected chi connectivity index (χ0v) is 9.33. The van der Waals surface area contributed by atoms with Crippen molar-refractivity contribution in [2.45, 2.75) is 5.79 Å². The Labute approximate surface area is 96.1 Å². The van der Waals surface area contributed by atoms with E-state index in [2.05, 4.69) is 0 Å². The highest BCUT2D eigenvalue weighted by molar-refractivity contribution is 7.27. The lowest BCUT2D eigenvalue weighted by Gasteiger charge is -2.10. The second-order valence-electron chi connectivity index (χ2n) is 2.99. The molecule has 0 radical (unpaired) electrons. The second-order valence-corrected chi connectivity index (χ2v) is 3.62. The molecule has 0 bridgehead atoms. The molecule has 1 unspecified atom stereocenters. The molecule has 0 aliphatic rings. The molecule has 0 saturated heterocycles. The normalized spacial score (nSPS) is 10.9. The van der Waals surface area contributed by atoms with E-state index in [0.29, 0.717) is 0 Å². The molecule has 0 spiro atoms. The lowest BCUT2D eigenvalue weighted by Crippen LogP contribution is -2.51. The fraction of sp³-hybridized carbons (Fsp3) is 0.143. The summed E-state index contributed by atoms with van der Waals surface area (Å²) >= 11 is 0. The summed E-state index contributed by atoms with van der Waals surface area (Å²) in [5.74, 6) is -3.57. The maximum absolute atomic E-state index is 10.8. The van der Waals surface area contributed by atoms with Gasteiger partial charge in [0.25, 0.3) is 0 Å². The van der Waals surface area contributed by atoms with Crippen LogP contribution in [0, 0.1) is 30.3 Å². The quantitative estimate of drug-likeness (QED) is 0.327. The Morgan fingerprint density at radius 1 is 0.941 bits per heavy atom. The topological polar surface area (TPSA) is 129 Å². The molecular formula is C7H6N3O6P. The maximum Gasteiger partial charge on any atom is 0.729 e. The van der Waals surface area contributed by atoms with E-state index in [1.807, 2.05) is 9.24 Å². The van der Waals surface area contributed by atoms with Crippen LogP contribution in [0.25, 0.3) is 0 Å². The standard InChI is InChI=1S/C7H6N3O6P/c11-8(12)7(9(13)14,10(15)16)5-3-1-2-4-6(5)17/h1-4H,17H2. The van der Waals surface area contributed by atoms with Gasteiger partial charge in [-0.25, -0.2) is 0 Å². The molecule has 0 heterocycles. The Morgan fingerprint density at radius 3 is 1.71 bits per heavy atom. The first-order chi connectivity index (χ1) is 7.85. The first-order valence-corrected chi connectivity index (χ1v) is 4.71. The lowest BCUT2D eigenvalue weighted by molar-refractivity contribution is -0.985. The van der Waals surface area contributed by atoms with Crippen LogP contribution in [0.5, 0.6) is 0 Å². The van der Waals surface area contributed by atoms with Gasteiger partial charge >= 0.3 is 5.79 Å². The summed E-state index contributed by atoms with van der Waals surface area (Å²) in [4.78, 5) is 27.8. The van der Waals surface area contributed by atoms with Crippen LogP contribution in [0.3, 0.4) is 0 Å². The lowest BCUT2D eigenvalue weighted by atomic mass is 10.1. The van der Waals surface area contributed by atoms with E-state index in [0.717, 1.165) is 6.07 Å². The van der Waals surface area contributed by atoms with Crippen molar-refractivity contribution in [1.82, 2.24) is 0 Å². The highest BCUT2D eigenvalue weighted by atomic mass is 31.0. The van der Waals surface area contributed by atoms with Crippen molar-refractivity contribution in [3.8, 4) is 0 Å². The third-order valence-corrected chi connectivity index (χ3v) is 2.59. The Balaban J connectivity index is 3.66. The van der Waals surface area contributed by atoms with Crippen molar-refractivity contribution >= 4 is 14.5 Å². The van der Waals surface area contributed by atoms with Gasteiger partial charge in [-0.15, -0.1) is 9.24 Å². The summed E-state index contributed by atoms with van der Waals surface area (Å²) in [5, 5.41) is 32.3. The third kappa shape index (κ3) is 1.80. The molecule has 0 amide bonds. The van der Waals surface area contributed by atoms with Gasteiger partial charge in [-0.05, 0) is 11.4 Å². The number of hydrogen-bond acceptors (Lipinski definition) is 6. The molecule has 0 saturated carbocycles. The Morgan fingerprint density at radius 2 is 1.35 bits per heavy atom. The number of nitrogens with zero attached hydrogens (tertiary/aromatic N) is 3. The molecule has 1 aromatic carbocycles. The zero-order valence-electron chi connectivity index (χ0n) is 8.18. The molecule has 17 heavy (non-hydrogen) atoms. The SMILES string of the molecule is O=[N+]([O-])C(c1ccccc1P)([N+](=O)[O-])[N+](=O)[O-]. The second kappa shape index (κ2) is 4.38. The molecular weight excluding hydrogens is 253 g/mol. The van der Waals surface area contributed by atoms with Gasteiger partial charge in [0.05, 0.1) is 0 Å². The number of hydrogen-bond donors (Lipinski definition) is 0. The maximum atomic E-state index is 10.8. The van der Waals surface area contributed by atoms with Crippen LogP contribution in [0.1, 0.15) is 5.56 Å². The van der Waals surface area contributed by atoms with Gasteiger partial charge in [0, 0.05) is 0 Å². The fourth-order valence-electron chi connectivity index (χ4n) is 1.30. The predicted molar refractivity (Wildman–Crippen MR) is 58.4 cm³/mol. The van der Waals surface area contributed by atoms with E-state index in [9.17, 15) is 30.3 Å². The number of nitro groups is 3. The smallest absolute Gasteiger partial charge is 0.252 e. The molecule has 0 fully saturated rings. The Hall–Kier alpha value is -2.15. The summed E-state index contributed by atoms with van der Waals surface area (Å²) in [6.45, 7) is 0. The monoisotopic (exact) mass is 259 g/mol. The highest BCUT2D eigenvalue weighted by Crippen LogP contribution is 2.26. The van der Waals surface area contributed by atoms with Crippen molar-refractivity contribution in [3.63, 3.8) is 0 Å². The Bertz CT molecular complexity index is 468. The molecule has 9 nitrogen and oxygen atoms in total. The predicted octanol–water partition coefficient (Wildman–Crippen LogP) is 0.127. The van der Waals surface area contributed by atoms with Crippen LogP contribution in [0.15, 0.2) is 24.3 Å². The Kier molecular flexibility index (Phi) is 3.33. The summed E-state index contributed by atoms with van der Waals surface area (Å²) in [5.41, 5.74) is -0.593. The van der Waals surface area contributed by atoms with Gasteiger partial charge in [-0.2, -0.15) is 0 Å². The van der Waals surface area contributed by atoms with Gasteiger partial charge in [0.2, 0.25) is 0 Å². The number of rotatable bonds is 4. The van der Waals surface area contributed by atoms with Crippen LogP contribution < -0.4 is 5.30 Å². The van der Waals surface area contributed by atoms with Gasteiger partial charge in [-0.1, -0.05) is 18.2 Å². The summed E-state index contributed by atoms with van der Waals surface area (Å²) in [6, 6.07) is 4.99. The van der Waals surface area contributed by atoms with E-state index in [-0.39, 0.29) is 5.30 Å². The van der Waals surface area contributed by atoms with Crippen molar-refractivity contribution < 1.29 is 14.8 Å². The summed E-state index contributed by atoms with van der Waals surface area (Å²) in [7, 11) is 2.00. The molecule has 1 aromatic rings. The van der Waals surface area contributed by atoms with E-state index < -0.39 is 26.1 Å². The molecule has 0 aliphatic carbocycles. The van der Waals surface area contributed by atoms with Crippen LogP contribution in [-0.2, 0) is 5.79 Å². The van der Waals surface area contributed by atoms with Crippen molar-refractivity contribution in [2.24, 2.45) is 0 Å². The zero-order chi connectivity index (χ0) is 13.2. The molecule has 0 N–H and O–H groups in total. The largest absolute Gasteiger partial charge is 0.729 e. The number of benzene rings is 1.